The van der Waals surface area contributed by atoms with Crippen LogP contribution in [0.1, 0.15) is 11.4 Å². The molecule has 3 rings (SSSR count). The summed E-state index contributed by atoms with van der Waals surface area (Å²) in [4.78, 5) is 12.2. The highest BCUT2D eigenvalue weighted by Gasteiger charge is 2.14. The van der Waals surface area contributed by atoms with Crippen LogP contribution in [-0.4, -0.2) is 34.8 Å². The number of sulfonamides is 1. The lowest BCUT2D eigenvalue weighted by Gasteiger charge is -2.09. The van der Waals surface area contributed by atoms with E-state index < -0.39 is 10.0 Å². The molecule has 0 fully saturated rings. The second-order valence-corrected chi connectivity index (χ2v) is 8.61. The molecule has 3 aromatic rings. The predicted octanol–water partition coefficient (Wildman–Crippen LogP) is 2.26. The number of hydrogen-bond donors (Lipinski definition) is 2. The maximum Gasteiger partial charge on any atom is 0.238 e. The van der Waals surface area contributed by atoms with Crippen LogP contribution in [-0.2, 0) is 14.8 Å². The number of benzene rings is 2. The fraction of sp³-hybridized carbons (Fsp3) is 0.167. The first kappa shape index (κ1) is 20.1. The van der Waals surface area contributed by atoms with Gasteiger partial charge in [-0.05, 0) is 55.8 Å². The van der Waals surface area contributed by atoms with E-state index >= 15 is 0 Å². The smallest absolute Gasteiger partial charge is 0.238 e. The van der Waals surface area contributed by atoms with Gasteiger partial charge in [0.2, 0.25) is 15.9 Å². The fourth-order valence-electron chi connectivity index (χ4n) is 2.56. The average Bonchev–Trinajstić information content (AvgIpc) is 3.00. The summed E-state index contributed by atoms with van der Waals surface area (Å²) in [5.74, 6) is 0.609. The van der Waals surface area contributed by atoms with Crippen molar-refractivity contribution in [1.29, 1.82) is 0 Å². The normalized spacial score (nSPS) is 11.4. The van der Waals surface area contributed by atoms with Crippen molar-refractivity contribution in [2.24, 2.45) is 5.14 Å². The largest absolute Gasteiger partial charge is 0.325 e. The van der Waals surface area contributed by atoms with E-state index in [0.29, 0.717) is 10.8 Å². The molecule has 0 aliphatic carbocycles. The molecule has 1 aromatic heterocycles. The summed E-state index contributed by atoms with van der Waals surface area (Å²) < 4.78 is 24.4. The third-order valence-corrected chi connectivity index (χ3v) is 5.71. The molecule has 1 heterocycles. The predicted molar refractivity (Wildman–Crippen MR) is 108 cm³/mol. The van der Waals surface area contributed by atoms with Crippen LogP contribution >= 0.6 is 11.8 Å². The van der Waals surface area contributed by atoms with E-state index in [-0.39, 0.29) is 16.6 Å². The van der Waals surface area contributed by atoms with Gasteiger partial charge in [-0.3, -0.25) is 9.36 Å². The summed E-state index contributed by atoms with van der Waals surface area (Å²) in [6, 6.07) is 13.6. The molecule has 146 valence electrons. The van der Waals surface area contributed by atoms with Gasteiger partial charge >= 0.3 is 0 Å². The number of hydrogen-bond acceptors (Lipinski definition) is 6. The Morgan fingerprint density at radius 2 is 1.86 bits per heavy atom. The standard InChI is InChI=1S/C18H19N5O3S2/c1-12-4-3-5-15(10-12)23-13(2)21-22-18(23)27-11-17(24)20-14-6-8-16(9-7-14)28(19,25)26/h3-10H,11H2,1-2H3,(H,20,24)(H2,19,25,26). The van der Waals surface area contributed by atoms with E-state index in [1.54, 1.807) is 0 Å². The summed E-state index contributed by atoms with van der Waals surface area (Å²) in [5, 5.41) is 16.7. The molecule has 0 bridgehead atoms. The quantitative estimate of drug-likeness (QED) is 0.594. The van der Waals surface area contributed by atoms with Crippen LogP contribution in [0, 0.1) is 13.8 Å². The van der Waals surface area contributed by atoms with Crippen molar-refractivity contribution in [2.45, 2.75) is 23.9 Å². The number of anilines is 1. The highest BCUT2D eigenvalue weighted by molar-refractivity contribution is 7.99. The zero-order chi connectivity index (χ0) is 20.3. The molecule has 0 saturated heterocycles. The monoisotopic (exact) mass is 417 g/mol. The third kappa shape index (κ3) is 4.77. The zero-order valence-electron chi connectivity index (χ0n) is 15.3. The minimum atomic E-state index is -3.76. The number of nitrogens with zero attached hydrogens (tertiary/aromatic N) is 3. The summed E-state index contributed by atoms with van der Waals surface area (Å²) in [6.45, 7) is 3.86. The van der Waals surface area contributed by atoms with Gasteiger partial charge < -0.3 is 5.32 Å². The van der Waals surface area contributed by atoms with Gasteiger partial charge in [0.25, 0.3) is 0 Å². The second-order valence-electron chi connectivity index (χ2n) is 6.11. The van der Waals surface area contributed by atoms with Crippen LogP contribution < -0.4 is 10.5 Å². The number of rotatable bonds is 6. The highest BCUT2D eigenvalue weighted by atomic mass is 32.2. The maximum atomic E-state index is 12.2. The van der Waals surface area contributed by atoms with Crippen LogP contribution in [0.2, 0.25) is 0 Å². The van der Waals surface area contributed by atoms with Crippen molar-refractivity contribution in [3.05, 3.63) is 59.9 Å². The lowest BCUT2D eigenvalue weighted by atomic mass is 10.2. The van der Waals surface area contributed by atoms with Crippen molar-refractivity contribution in [1.82, 2.24) is 14.8 Å². The van der Waals surface area contributed by atoms with Crippen molar-refractivity contribution in [3.8, 4) is 5.69 Å². The van der Waals surface area contributed by atoms with Gasteiger partial charge in [0.15, 0.2) is 5.16 Å². The Bertz CT molecular complexity index is 1110. The number of amides is 1. The van der Waals surface area contributed by atoms with E-state index in [9.17, 15) is 13.2 Å². The Morgan fingerprint density at radius 3 is 2.50 bits per heavy atom. The Hall–Kier alpha value is -2.69. The number of carbonyl (C=O) groups excluding carboxylic acids is 1. The van der Waals surface area contributed by atoms with Gasteiger partial charge in [-0.25, -0.2) is 13.6 Å². The first-order chi connectivity index (χ1) is 13.2. The van der Waals surface area contributed by atoms with Gasteiger partial charge in [0.1, 0.15) is 5.82 Å². The van der Waals surface area contributed by atoms with Crippen molar-refractivity contribution in [3.63, 3.8) is 0 Å². The summed E-state index contributed by atoms with van der Waals surface area (Å²) in [6.07, 6.45) is 0. The zero-order valence-corrected chi connectivity index (χ0v) is 16.9. The van der Waals surface area contributed by atoms with E-state index in [2.05, 4.69) is 15.5 Å². The number of primary sulfonamides is 1. The van der Waals surface area contributed by atoms with Crippen LogP contribution in [0.4, 0.5) is 5.69 Å². The molecule has 0 aliphatic heterocycles. The Labute approximate surface area is 167 Å². The summed E-state index contributed by atoms with van der Waals surface area (Å²) in [5.41, 5.74) is 2.53. The molecule has 0 radical (unpaired) electrons. The topological polar surface area (TPSA) is 120 Å². The van der Waals surface area contributed by atoms with E-state index in [1.807, 2.05) is 42.7 Å². The third-order valence-electron chi connectivity index (χ3n) is 3.85. The number of nitrogens with two attached hydrogens (primary N) is 1. The maximum absolute atomic E-state index is 12.2. The van der Waals surface area contributed by atoms with Crippen LogP contribution in [0.15, 0.2) is 58.6 Å². The number of nitrogens with one attached hydrogen (secondary N) is 1. The molecule has 8 nitrogen and oxygen atoms in total. The lowest BCUT2D eigenvalue weighted by molar-refractivity contribution is -0.113. The number of aryl methyl sites for hydroxylation is 2. The number of thioether (sulfide) groups is 1. The van der Waals surface area contributed by atoms with Gasteiger partial charge in [0, 0.05) is 11.4 Å². The average molecular weight is 418 g/mol. The molecular formula is C18H19N5O3S2. The van der Waals surface area contributed by atoms with Crippen molar-refractivity contribution >= 4 is 33.4 Å². The molecule has 10 heteroatoms. The summed E-state index contributed by atoms with van der Waals surface area (Å²) in [7, 11) is -3.76. The van der Waals surface area contributed by atoms with Crippen molar-refractivity contribution in [2.75, 3.05) is 11.1 Å². The second kappa shape index (κ2) is 8.13. The Balaban J connectivity index is 1.67. The van der Waals surface area contributed by atoms with Crippen LogP contribution in [0.5, 0.6) is 0 Å². The van der Waals surface area contributed by atoms with E-state index in [0.717, 1.165) is 17.1 Å². The first-order valence-electron chi connectivity index (χ1n) is 8.28. The lowest BCUT2D eigenvalue weighted by Crippen LogP contribution is -2.15. The molecule has 28 heavy (non-hydrogen) atoms. The molecule has 3 N–H and O–H groups in total. The number of carbonyl (C=O) groups is 1. The van der Waals surface area contributed by atoms with Gasteiger partial charge in [-0.2, -0.15) is 0 Å². The van der Waals surface area contributed by atoms with E-state index in [1.165, 1.54) is 36.0 Å². The number of aromatic nitrogens is 3. The first-order valence-corrected chi connectivity index (χ1v) is 10.8. The Kier molecular flexibility index (Phi) is 5.82. The van der Waals surface area contributed by atoms with E-state index in [4.69, 9.17) is 5.14 Å². The molecule has 0 unspecified atom stereocenters. The highest BCUT2D eigenvalue weighted by Crippen LogP contribution is 2.22. The summed E-state index contributed by atoms with van der Waals surface area (Å²) >= 11 is 1.26. The Morgan fingerprint density at radius 1 is 1.14 bits per heavy atom. The molecule has 0 aliphatic rings. The molecule has 0 spiro atoms. The minimum Gasteiger partial charge on any atom is -0.325 e. The van der Waals surface area contributed by atoms with Crippen LogP contribution in [0.3, 0.4) is 0 Å². The van der Waals surface area contributed by atoms with Crippen LogP contribution in [0.25, 0.3) is 5.69 Å². The van der Waals surface area contributed by atoms with Crippen molar-refractivity contribution < 1.29 is 13.2 Å². The SMILES string of the molecule is Cc1cccc(-n2c(C)nnc2SCC(=O)Nc2ccc(S(N)(=O)=O)cc2)c1. The minimum absolute atomic E-state index is 0.0124. The molecule has 1 amide bonds. The fourth-order valence-corrected chi connectivity index (χ4v) is 3.87. The molecule has 0 atom stereocenters. The molecule has 0 saturated carbocycles. The molecule has 2 aromatic carbocycles. The van der Waals surface area contributed by atoms with Gasteiger partial charge in [-0.15, -0.1) is 10.2 Å². The van der Waals surface area contributed by atoms with Gasteiger partial charge in [-0.1, -0.05) is 23.9 Å². The van der Waals surface area contributed by atoms with Gasteiger partial charge in [0.05, 0.1) is 10.6 Å². The molecular weight excluding hydrogens is 398 g/mol.